The normalized spacial score (nSPS) is 22.9. The molecule has 1 amide bonds. The SMILES string of the molecule is CCNc1nc(N2CCC(C)CC2)c(C(=O)N[C@H]2CC[C@H](C)CC2)cc1[N+](=O)[O-]. The zero-order valence-corrected chi connectivity index (χ0v) is 17.7. The van der Waals surface area contributed by atoms with Crippen molar-refractivity contribution < 1.29 is 9.72 Å². The number of aromatic nitrogens is 1. The third-order valence-corrected chi connectivity index (χ3v) is 6.20. The molecule has 2 aliphatic rings. The molecule has 0 aromatic carbocycles. The van der Waals surface area contributed by atoms with E-state index in [9.17, 15) is 14.9 Å². The van der Waals surface area contributed by atoms with Gasteiger partial charge in [0, 0.05) is 31.7 Å². The van der Waals surface area contributed by atoms with Crippen molar-refractivity contribution in [2.45, 2.75) is 65.3 Å². The van der Waals surface area contributed by atoms with Crippen molar-refractivity contribution in [2.24, 2.45) is 11.8 Å². The van der Waals surface area contributed by atoms with Gasteiger partial charge in [0.05, 0.1) is 10.5 Å². The molecule has 2 N–H and O–H groups in total. The monoisotopic (exact) mass is 403 g/mol. The molecule has 0 spiro atoms. The molecule has 3 rings (SSSR count). The first-order valence-corrected chi connectivity index (χ1v) is 10.9. The molecule has 2 fully saturated rings. The van der Waals surface area contributed by atoms with Gasteiger partial charge in [0.15, 0.2) is 0 Å². The number of pyridine rings is 1. The fourth-order valence-corrected chi connectivity index (χ4v) is 4.23. The average Bonchev–Trinajstić information content (AvgIpc) is 2.70. The summed E-state index contributed by atoms with van der Waals surface area (Å²) in [6, 6.07) is 1.53. The second-order valence-corrected chi connectivity index (χ2v) is 8.61. The molecule has 0 bridgehead atoms. The van der Waals surface area contributed by atoms with E-state index in [1.165, 1.54) is 6.07 Å². The minimum absolute atomic E-state index is 0.125. The van der Waals surface area contributed by atoms with Crippen molar-refractivity contribution in [3.05, 3.63) is 21.7 Å². The van der Waals surface area contributed by atoms with E-state index in [0.29, 0.717) is 29.8 Å². The zero-order valence-electron chi connectivity index (χ0n) is 17.7. The Morgan fingerprint density at radius 1 is 1.17 bits per heavy atom. The summed E-state index contributed by atoms with van der Waals surface area (Å²) in [5, 5.41) is 17.7. The molecule has 0 unspecified atom stereocenters. The summed E-state index contributed by atoms with van der Waals surface area (Å²) < 4.78 is 0. The lowest BCUT2D eigenvalue weighted by molar-refractivity contribution is -0.384. The van der Waals surface area contributed by atoms with Gasteiger partial charge in [0.25, 0.3) is 5.91 Å². The van der Waals surface area contributed by atoms with Crippen LogP contribution < -0.4 is 15.5 Å². The maximum absolute atomic E-state index is 13.1. The van der Waals surface area contributed by atoms with Gasteiger partial charge in [0.2, 0.25) is 5.82 Å². The second kappa shape index (κ2) is 9.41. The standard InChI is InChI=1S/C21H33N5O3/c1-4-22-19-18(26(28)29)13-17(20(24-19)25-11-9-15(3)10-12-25)21(27)23-16-7-5-14(2)6-8-16/h13-16H,4-12H2,1-3H3,(H,22,24)(H,23,27)/t14-,16-. The Morgan fingerprint density at radius 3 is 2.38 bits per heavy atom. The van der Waals surface area contributed by atoms with Gasteiger partial charge in [-0.15, -0.1) is 0 Å². The highest BCUT2D eigenvalue weighted by molar-refractivity contribution is 6.00. The molecule has 1 saturated heterocycles. The predicted molar refractivity (Wildman–Crippen MR) is 115 cm³/mol. The Balaban J connectivity index is 1.92. The quantitative estimate of drug-likeness (QED) is 0.551. The molecule has 1 aliphatic carbocycles. The van der Waals surface area contributed by atoms with Crippen LogP contribution in [0.4, 0.5) is 17.3 Å². The summed E-state index contributed by atoms with van der Waals surface area (Å²) in [5.41, 5.74) is 0.162. The number of piperidine rings is 1. The van der Waals surface area contributed by atoms with Gasteiger partial charge < -0.3 is 15.5 Å². The number of carbonyl (C=O) groups excluding carboxylic acids is 1. The van der Waals surface area contributed by atoms with E-state index in [1.54, 1.807) is 0 Å². The van der Waals surface area contributed by atoms with Crippen LogP contribution in [0.25, 0.3) is 0 Å². The Hall–Kier alpha value is -2.38. The van der Waals surface area contributed by atoms with Gasteiger partial charge in [-0.25, -0.2) is 4.98 Å². The van der Waals surface area contributed by atoms with Crippen LogP contribution in [0.5, 0.6) is 0 Å². The van der Waals surface area contributed by atoms with E-state index in [1.807, 2.05) is 6.92 Å². The number of hydrogen-bond acceptors (Lipinski definition) is 6. The highest BCUT2D eigenvalue weighted by Crippen LogP contribution is 2.32. The summed E-state index contributed by atoms with van der Waals surface area (Å²) in [6.07, 6.45) is 6.15. The smallest absolute Gasteiger partial charge is 0.312 e. The average molecular weight is 404 g/mol. The first kappa shape index (κ1) is 21.3. The van der Waals surface area contributed by atoms with Gasteiger partial charge in [-0.1, -0.05) is 13.8 Å². The van der Waals surface area contributed by atoms with Crippen molar-refractivity contribution in [1.82, 2.24) is 10.3 Å². The van der Waals surface area contributed by atoms with E-state index in [4.69, 9.17) is 0 Å². The Morgan fingerprint density at radius 2 is 1.79 bits per heavy atom. The predicted octanol–water partition coefficient (Wildman–Crippen LogP) is 3.97. The first-order chi connectivity index (χ1) is 13.9. The Labute approximate surface area is 172 Å². The van der Waals surface area contributed by atoms with Gasteiger partial charge in [-0.2, -0.15) is 0 Å². The lowest BCUT2D eigenvalue weighted by Gasteiger charge is -2.33. The highest BCUT2D eigenvalue weighted by Gasteiger charge is 2.29. The highest BCUT2D eigenvalue weighted by atomic mass is 16.6. The minimum Gasteiger partial charge on any atom is -0.365 e. The van der Waals surface area contributed by atoms with E-state index in [2.05, 4.69) is 34.4 Å². The van der Waals surface area contributed by atoms with Gasteiger partial charge >= 0.3 is 5.69 Å². The fraction of sp³-hybridized carbons (Fsp3) is 0.714. The van der Waals surface area contributed by atoms with Crippen LogP contribution in [0.2, 0.25) is 0 Å². The van der Waals surface area contributed by atoms with Crippen molar-refractivity contribution in [3.8, 4) is 0 Å². The fourth-order valence-electron chi connectivity index (χ4n) is 4.23. The van der Waals surface area contributed by atoms with Crippen LogP contribution in [-0.4, -0.2) is 41.5 Å². The molecule has 1 saturated carbocycles. The lowest BCUT2D eigenvalue weighted by atomic mass is 9.87. The van der Waals surface area contributed by atoms with Crippen LogP contribution in [0.15, 0.2) is 6.07 Å². The zero-order chi connectivity index (χ0) is 21.0. The molecule has 160 valence electrons. The molecule has 1 aromatic rings. The van der Waals surface area contributed by atoms with Crippen molar-refractivity contribution in [1.29, 1.82) is 0 Å². The summed E-state index contributed by atoms with van der Waals surface area (Å²) in [4.78, 5) is 31.0. The number of hydrogen-bond donors (Lipinski definition) is 2. The number of amides is 1. The summed E-state index contributed by atoms with van der Waals surface area (Å²) in [7, 11) is 0. The van der Waals surface area contributed by atoms with E-state index in [0.717, 1.165) is 51.6 Å². The van der Waals surface area contributed by atoms with E-state index < -0.39 is 4.92 Å². The number of nitrogens with zero attached hydrogens (tertiary/aromatic N) is 3. The van der Waals surface area contributed by atoms with Crippen molar-refractivity contribution in [2.75, 3.05) is 29.9 Å². The largest absolute Gasteiger partial charge is 0.365 e. The number of anilines is 2. The molecule has 29 heavy (non-hydrogen) atoms. The van der Waals surface area contributed by atoms with Crippen LogP contribution in [0.1, 0.15) is 69.7 Å². The van der Waals surface area contributed by atoms with E-state index in [-0.39, 0.29) is 23.5 Å². The second-order valence-electron chi connectivity index (χ2n) is 8.61. The Bertz CT molecular complexity index is 738. The first-order valence-electron chi connectivity index (χ1n) is 10.9. The number of carbonyl (C=O) groups is 1. The molecule has 8 nitrogen and oxygen atoms in total. The molecule has 0 atom stereocenters. The molecular formula is C21H33N5O3. The Kier molecular flexibility index (Phi) is 6.92. The number of nitrogens with one attached hydrogen (secondary N) is 2. The molecule has 2 heterocycles. The van der Waals surface area contributed by atoms with Crippen LogP contribution in [0, 0.1) is 22.0 Å². The van der Waals surface area contributed by atoms with Crippen LogP contribution in [-0.2, 0) is 0 Å². The topological polar surface area (TPSA) is 100 Å². The molecule has 1 aromatic heterocycles. The third-order valence-electron chi connectivity index (χ3n) is 6.20. The number of rotatable bonds is 6. The summed E-state index contributed by atoms with van der Waals surface area (Å²) in [5.74, 6) is 1.86. The molecule has 0 radical (unpaired) electrons. The number of nitro groups is 1. The van der Waals surface area contributed by atoms with Crippen molar-refractivity contribution in [3.63, 3.8) is 0 Å². The molecule has 1 aliphatic heterocycles. The molecule has 8 heteroatoms. The summed E-state index contributed by atoms with van der Waals surface area (Å²) in [6.45, 7) is 8.47. The van der Waals surface area contributed by atoms with Crippen LogP contribution >= 0.6 is 0 Å². The van der Waals surface area contributed by atoms with Gasteiger partial charge in [-0.05, 0) is 57.3 Å². The van der Waals surface area contributed by atoms with E-state index >= 15 is 0 Å². The maximum atomic E-state index is 13.1. The third kappa shape index (κ3) is 5.16. The minimum atomic E-state index is -0.466. The summed E-state index contributed by atoms with van der Waals surface area (Å²) >= 11 is 0. The van der Waals surface area contributed by atoms with Gasteiger partial charge in [0.1, 0.15) is 5.82 Å². The maximum Gasteiger partial charge on any atom is 0.312 e. The van der Waals surface area contributed by atoms with Crippen LogP contribution in [0.3, 0.4) is 0 Å². The van der Waals surface area contributed by atoms with Gasteiger partial charge in [-0.3, -0.25) is 14.9 Å². The molecular weight excluding hydrogens is 370 g/mol. The van der Waals surface area contributed by atoms with Crippen molar-refractivity contribution >= 4 is 23.2 Å². The lowest BCUT2D eigenvalue weighted by Crippen LogP contribution is -2.40.